The average Bonchev–Trinajstić information content (AvgIpc) is 3.26. The normalized spacial score (nSPS) is 15.8. The summed E-state index contributed by atoms with van der Waals surface area (Å²) in [6.45, 7) is 8.79. The van der Waals surface area contributed by atoms with Gasteiger partial charge in [-0.25, -0.2) is 4.98 Å². The van der Waals surface area contributed by atoms with Crippen LogP contribution in [0.2, 0.25) is 5.28 Å². The molecule has 0 saturated heterocycles. The summed E-state index contributed by atoms with van der Waals surface area (Å²) in [4.78, 5) is 14.1. The van der Waals surface area contributed by atoms with E-state index in [1.165, 1.54) is 38.4 Å². The number of nitrogens with zero attached hydrogens (tertiary/aromatic N) is 3. The van der Waals surface area contributed by atoms with E-state index in [4.69, 9.17) is 16.6 Å². The van der Waals surface area contributed by atoms with Gasteiger partial charge in [0.15, 0.2) is 0 Å². The highest BCUT2D eigenvalue weighted by Gasteiger charge is 2.31. The van der Waals surface area contributed by atoms with Gasteiger partial charge in [-0.1, -0.05) is 43.3 Å². The molecule has 2 aromatic heterocycles. The summed E-state index contributed by atoms with van der Waals surface area (Å²) in [5.74, 6) is 0.923. The SMILES string of the molecule is CCc1sc2nc(Cl)nc(N3c4ccccc4CC3C)c2c1-c1ccc(C)c(C)c1. The number of aryl methyl sites for hydroxylation is 3. The monoisotopic (exact) mass is 433 g/mol. The Bertz CT molecular complexity index is 1280. The second-order valence-corrected chi connectivity index (χ2v) is 9.52. The van der Waals surface area contributed by atoms with Gasteiger partial charge in [-0.2, -0.15) is 4.98 Å². The van der Waals surface area contributed by atoms with Gasteiger partial charge in [-0.3, -0.25) is 0 Å². The molecular weight excluding hydrogens is 410 g/mol. The summed E-state index contributed by atoms with van der Waals surface area (Å²) >= 11 is 8.17. The molecule has 1 aliphatic rings. The van der Waals surface area contributed by atoms with E-state index < -0.39 is 0 Å². The molecule has 3 heterocycles. The van der Waals surface area contributed by atoms with Crippen molar-refractivity contribution in [1.82, 2.24) is 9.97 Å². The zero-order valence-corrected chi connectivity index (χ0v) is 19.2. The number of anilines is 2. The van der Waals surface area contributed by atoms with Crippen molar-refractivity contribution in [3.8, 4) is 11.1 Å². The van der Waals surface area contributed by atoms with Crippen LogP contribution in [0.25, 0.3) is 21.3 Å². The van der Waals surface area contributed by atoms with Gasteiger partial charge >= 0.3 is 0 Å². The number of fused-ring (bicyclic) bond motifs is 2. The van der Waals surface area contributed by atoms with E-state index in [1.807, 2.05) is 0 Å². The standard InChI is InChI=1S/C25H24ClN3S/c1-5-20-21(18-11-10-14(2)15(3)12-18)22-23(27-25(26)28-24(22)30-20)29-16(4)13-17-8-6-7-9-19(17)29/h6-12,16H,5,13H2,1-4H3. The summed E-state index contributed by atoms with van der Waals surface area (Å²) in [7, 11) is 0. The van der Waals surface area contributed by atoms with Crippen LogP contribution in [-0.4, -0.2) is 16.0 Å². The largest absolute Gasteiger partial charge is 0.322 e. The summed E-state index contributed by atoms with van der Waals surface area (Å²) in [5, 5.41) is 1.43. The molecule has 0 bridgehead atoms. The fourth-order valence-electron chi connectivity index (χ4n) is 4.52. The summed E-state index contributed by atoms with van der Waals surface area (Å²) in [6, 6.07) is 15.6. The molecule has 0 N–H and O–H groups in total. The molecule has 4 aromatic rings. The molecule has 152 valence electrons. The lowest BCUT2D eigenvalue weighted by atomic mass is 9.98. The topological polar surface area (TPSA) is 29.0 Å². The fourth-order valence-corrected chi connectivity index (χ4v) is 5.86. The van der Waals surface area contributed by atoms with Gasteiger partial charge in [0.05, 0.1) is 5.39 Å². The van der Waals surface area contributed by atoms with E-state index in [2.05, 4.69) is 80.0 Å². The van der Waals surface area contributed by atoms with Crippen molar-refractivity contribution in [1.29, 1.82) is 0 Å². The quantitative estimate of drug-likeness (QED) is 0.318. The third kappa shape index (κ3) is 3.01. The van der Waals surface area contributed by atoms with Gasteiger partial charge < -0.3 is 4.90 Å². The summed E-state index contributed by atoms with van der Waals surface area (Å²) in [5.41, 5.74) is 7.66. The first kappa shape index (κ1) is 19.5. The van der Waals surface area contributed by atoms with Crippen LogP contribution in [0.15, 0.2) is 42.5 Å². The van der Waals surface area contributed by atoms with E-state index in [0.29, 0.717) is 11.3 Å². The molecule has 1 unspecified atom stereocenters. The van der Waals surface area contributed by atoms with Crippen LogP contribution in [0, 0.1) is 13.8 Å². The fraction of sp³-hybridized carbons (Fsp3) is 0.280. The van der Waals surface area contributed by atoms with Crippen molar-refractivity contribution in [3.05, 3.63) is 69.3 Å². The Morgan fingerprint density at radius 1 is 1.10 bits per heavy atom. The second-order valence-electron chi connectivity index (χ2n) is 8.10. The van der Waals surface area contributed by atoms with Crippen LogP contribution in [0.3, 0.4) is 0 Å². The zero-order chi connectivity index (χ0) is 21.0. The van der Waals surface area contributed by atoms with Crippen LogP contribution in [0.4, 0.5) is 11.5 Å². The minimum atomic E-state index is 0.310. The number of aromatic nitrogens is 2. The Morgan fingerprint density at radius 2 is 1.90 bits per heavy atom. The second kappa shape index (κ2) is 7.36. The summed E-state index contributed by atoms with van der Waals surface area (Å²) in [6.07, 6.45) is 1.95. The molecule has 5 rings (SSSR count). The maximum Gasteiger partial charge on any atom is 0.225 e. The van der Waals surface area contributed by atoms with E-state index >= 15 is 0 Å². The number of hydrogen-bond donors (Lipinski definition) is 0. The molecule has 1 aliphatic heterocycles. The highest BCUT2D eigenvalue weighted by molar-refractivity contribution is 7.19. The molecule has 0 aliphatic carbocycles. The smallest absolute Gasteiger partial charge is 0.225 e. The highest BCUT2D eigenvalue weighted by atomic mass is 35.5. The Kier molecular flexibility index (Phi) is 4.79. The lowest BCUT2D eigenvalue weighted by Gasteiger charge is -2.25. The molecule has 3 nitrogen and oxygen atoms in total. The third-order valence-electron chi connectivity index (χ3n) is 6.13. The number of rotatable bonds is 3. The molecular formula is C25H24ClN3S. The Balaban J connectivity index is 1.83. The van der Waals surface area contributed by atoms with E-state index in [9.17, 15) is 0 Å². The molecule has 1 atom stereocenters. The molecule has 30 heavy (non-hydrogen) atoms. The Hall–Kier alpha value is -2.43. The Morgan fingerprint density at radius 3 is 2.67 bits per heavy atom. The maximum absolute atomic E-state index is 6.43. The van der Waals surface area contributed by atoms with Crippen molar-refractivity contribution in [2.24, 2.45) is 0 Å². The zero-order valence-electron chi connectivity index (χ0n) is 17.7. The summed E-state index contributed by atoms with van der Waals surface area (Å²) < 4.78 is 0. The number of thiophene rings is 1. The van der Waals surface area contributed by atoms with Crippen molar-refractivity contribution in [2.75, 3.05) is 4.90 Å². The van der Waals surface area contributed by atoms with Crippen LogP contribution in [0.5, 0.6) is 0 Å². The molecule has 0 fully saturated rings. The van der Waals surface area contributed by atoms with Gasteiger partial charge in [-0.05, 0) is 73.5 Å². The van der Waals surface area contributed by atoms with Crippen LogP contribution < -0.4 is 4.90 Å². The molecule has 0 radical (unpaired) electrons. The molecule has 0 amide bonds. The number of halogens is 1. The van der Waals surface area contributed by atoms with Gasteiger partial charge in [0.25, 0.3) is 0 Å². The lowest BCUT2D eigenvalue weighted by Crippen LogP contribution is -2.25. The minimum absolute atomic E-state index is 0.310. The van der Waals surface area contributed by atoms with Crippen LogP contribution in [-0.2, 0) is 12.8 Å². The Labute approximate surface area is 186 Å². The van der Waals surface area contributed by atoms with Gasteiger partial charge in [0, 0.05) is 22.2 Å². The van der Waals surface area contributed by atoms with Crippen molar-refractivity contribution >= 4 is 44.7 Å². The van der Waals surface area contributed by atoms with E-state index in [-0.39, 0.29) is 0 Å². The van der Waals surface area contributed by atoms with Crippen molar-refractivity contribution in [3.63, 3.8) is 0 Å². The van der Waals surface area contributed by atoms with Crippen LogP contribution >= 0.6 is 22.9 Å². The maximum atomic E-state index is 6.43. The molecule has 2 aromatic carbocycles. The first-order valence-corrected chi connectivity index (χ1v) is 11.6. The van der Waals surface area contributed by atoms with E-state index in [0.717, 1.165) is 28.9 Å². The number of hydrogen-bond acceptors (Lipinski definition) is 4. The highest BCUT2D eigenvalue weighted by Crippen LogP contribution is 2.47. The first-order valence-electron chi connectivity index (χ1n) is 10.4. The van der Waals surface area contributed by atoms with Crippen molar-refractivity contribution in [2.45, 2.75) is 46.6 Å². The molecule has 0 spiro atoms. The first-order chi connectivity index (χ1) is 14.5. The number of para-hydroxylation sites is 1. The van der Waals surface area contributed by atoms with Gasteiger partial charge in [0.2, 0.25) is 5.28 Å². The lowest BCUT2D eigenvalue weighted by molar-refractivity contribution is 0.752. The van der Waals surface area contributed by atoms with Crippen molar-refractivity contribution < 1.29 is 0 Å². The predicted molar refractivity (Wildman–Crippen MR) is 128 cm³/mol. The molecule has 0 saturated carbocycles. The predicted octanol–water partition coefficient (Wildman–Crippen LogP) is 7.27. The molecule has 5 heteroatoms. The number of benzene rings is 2. The minimum Gasteiger partial charge on any atom is -0.322 e. The average molecular weight is 434 g/mol. The van der Waals surface area contributed by atoms with Crippen LogP contribution in [0.1, 0.15) is 35.4 Å². The van der Waals surface area contributed by atoms with Gasteiger partial charge in [0.1, 0.15) is 10.6 Å². The van der Waals surface area contributed by atoms with Gasteiger partial charge in [-0.15, -0.1) is 11.3 Å². The third-order valence-corrected chi connectivity index (χ3v) is 7.53. The van der Waals surface area contributed by atoms with E-state index in [1.54, 1.807) is 11.3 Å².